The van der Waals surface area contributed by atoms with Gasteiger partial charge in [-0.25, -0.2) is 0 Å². The van der Waals surface area contributed by atoms with Crippen LogP contribution in [0, 0.1) is 0 Å². The van der Waals surface area contributed by atoms with Crippen molar-refractivity contribution in [1.82, 2.24) is 0 Å². The van der Waals surface area contributed by atoms with Gasteiger partial charge in [0, 0.05) is 0 Å². The molecule has 0 rings (SSSR count). The second-order valence-corrected chi connectivity index (χ2v) is 0.0962. The van der Waals surface area contributed by atoms with Gasteiger partial charge in [-0.2, -0.15) is 0 Å². The normalized spacial score (nSPS) is 2.00. The molecule has 0 aliphatic heterocycles. The van der Waals surface area contributed by atoms with Gasteiger partial charge in [0.05, 0.1) is 0 Å². The maximum Gasteiger partial charge on any atom is 1.00 e. The van der Waals surface area contributed by atoms with Gasteiger partial charge in [-0.15, -0.1) is 0 Å². The standard InChI is InChI=1S/BO2.Rb/c2-1-3;/q-1;+1. The molecule has 4 heteroatoms. The van der Waals surface area contributed by atoms with E-state index in [4.69, 9.17) is 9.73 Å². The van der Waals surface area contributed by atoms with Gasteiger partial charge < -0.3 is 0 Å². The molecule has 0 heterocycles. The van der Waals surface area contributed by atoms with Gasteiger partial charge in [-0.1, -0.05) is 0 Å². The minimum absolute atomic E-state index is 0. The Kier molecular flexibility index (Phi) is 20.0. The van der Waals surface area contributed by atoms with Crippen LogP contribution in [0.25, 0.3) is 0 Å². The Balaban J connectivity index is 0. The summed E-state index contributed by atoms with van der Waals surface area (Å²) in [5.41, 5.74) is 0. The SMILES string of the molecule is O=B[O-].[Rb+]. The number of hydrogen-bond acceptors (Lipinski definition) is 2. The van der Waals surface area contributed by atoms with E-state index in [0.717, 1.165) is 0 Å². The summed E-state index contributed by atoms with van der Waals surface area (Å²) in [5, 5.41) is 8.25. The van der Waals surface area contributed by atoms with Crippen LogP contribution >= 0.6 is 0 Å². The first kappa shape index (κ1) is 9.08. The van der Waals surface area contributed by atoms with Crippen LogP contribution < -0.4 is 63.2 Å². The first-order valence-corrected chi connectivity index (χ1v) is 0.471. The first-order valence-electron chi connectivity index (χ1n) is 0.471. The van der Waals surface area contributed by atoms with Gasteiger partial charge in [0.1, 0.15) is 0 Å². The van der Waals surface area contributed by atoms with Gasteiger partial charge in [0.2, 0.25) is 0 Å². The van der Waals surface area contributed by atoms with Crippen LogP contribution in [-0.2, 0) is 4.70 Å². The average molecular weight is 128 g/mol. The Hall–Kier alpha value is 1.47. The fraction of sp³-hybridized carbons (Fsp3) is 0. The van der Waals surface area contributed by atoms with E-state index < -0.39 is 7.35 Å². The Bertz CT molecular complexity index is 13.5. The zero-order chi connectivity index (χ0) is 2.71. The summed E-state index contributed by atoms with van der Waals surface area (Å²) in [5.74, 6) is 0. The molecule has 0 radical (unpaired) electrons. The molecule has 0 fully saturated rings. The third-order valence-electron chi connectivity index (χ3n) is 0. The third kappa shape index (κ3) is 9.80. The molecule has 0 saturated carbocycles. The van der Waals surface area contributed by atoms with Crippen molar-refractivity contribution in [2.45, 2.75) is 0 Å². The smallest absolute Gasteiger partial charge is 1.00 e. The maximum absolute atomic E-state index is 8.25. The third-order valence-corrected chi connectivity index (χ3v) is 0. The molecule has 0 saturated heterocycles. The van der Waals surface area contributed by atoms with Crippen LogP contribution in [0.4, 0.5) is 0 Å². The summed E-state index contributed by atoms with van der Waals surface area (Å²) in [6.45, 7) is 0. The van der Waals surface area contributed by atoms with E-state index in [9.17, 15) is 0 Å². The molecule has 0 unspecified atom stereocenters. The predicted molar refractivity (Wildman–Crippen MR) is 6.44 cm³/mol. The fourth-order valence-electron chi connectivity index (χ4n) is 0. The molecule has 0 aromatic rings. The summed E-state index contributed by atoms with van der Waals surface area (Å²) in [6, 6.07) is 0. The molecule has 0 atom stereocenters. The molecule has 0 aromatic carbocycles. The van der Waals surface area contributed by atoms with Crippen LogP contribution in [0.2, 0.25) is 0 Å². The molecule has 16 valence electrons. The fourth-order valence-corrected chi connectivity index (χ4v) is 0. The molecular formula is BO2Rb. The maximum atomic E-state index is 8.25. The zero-order valence-corrected chi connectivity index (χ0v) is 7.31. The Morgan fingerprint density at radius 1 is 1.75 bits per heavy atom. The molecule has 0 aliphatic carbocycles. The molecule has 0 amide bonds. The first-order chi connectivity index (χ1) is 1.41. The van der Waals surface area contributed by atoms with E-state index in [1.807, 2.05) is 0 Å². The van der Waals surface area contributed by atoms with Crippen molar-refractivity contribution in [1.29, 1.82) is 0 Å². The van der Waals surface area contributed by atoms with E-state index >= 15 is 0 Å². The van der Waals surface area contributed by atoms with Crippen LogP contribution in [0.15, 0.2) is 0 Å². The van der Waals surface area contributed by atoms with Crippen molar-refractivity contribution in [2.24, 2.45) is 0 Å². The van der Waals surface area contributed by atoms with Crippen molar-refractivity contribution >= 4 is 7.35 Å². The summed E-state index contributed by atoms with van der Waals surface area (Å²) in [4.78, 5) is 0. The molecule has 0 bridgehead atoms. The van der Waals surface area contributed by atoms with E-state index in [2.05, 4.69) is 0 Å². The predicted octanol–water partition coefficient (Wildman–Crippen LogP) is -4.68. The Morgan fingerprint density at radius 3 is 1.75 bits per heavy atom. The van der Waals surface area contributed by atoms with E-state index in [1.54, 1.807) is 0 Å². The quantitative estimate of drug-likeness (QED) is 0.308. The Morgan fingerprint density at radius 2 is 1.75 bits per heavy atom. The number of rotatable bonds is 0. The molecule has 4 heavy (non-hydrogen) atoms. The molecule has 0 spiro atoms. The van der Waals surface area contributed by atoms with Gasteiger partial charge in [0.25, 0.3) is 0 Å². The zero-order valence-electron chi connectivity index (χ0n) is 2.39. The summed E-state index contributed by atoms with van der Waals surface area (Å²) >= 11 is 0. The van der Waals surface area contributed by atoms with Crippen molar-refractivity contribution in [3.63, 3.8) is 0 Å². The van der Waals surface area contributed by atoms with Crippen molar-refractivity contribution in [3.8, 4) is 0 Å². The minimum Gasteiger partial charge on any atom is 1.00 e. The van der Waals surface area contributed by atoms with Crippen LogP contribution in [0.5, 0.6) is 0 Å². The molecular weight excluding hydrogens is 128 g/mol. The number of hydrogen-bond donors (Lipinski definition) is 0. The monoisotopic (exact) mass is 128 g/mol. The second kappa shape index (κ2) is 8.82. The van der Waals surface area contributed by atoms with Gasteiger partial charge in [-0.05, 0) is 0 Å². The molecule has 0 N–H and O–H groups in total. The average Bonchev–Trinajstić information content (AvgIpc) is 0.918. The van der Waals surface area contributed by atoms with Gasteiger partial charge >= 0.3 is 75.3 Å². The summed E-state index contributed by atoms with van der Waals surface area (Å²) in [6.07, 6.45) is 0. The van der Waals surface area contributed by atoms with E-state index in [-0.39, 0.29) is 58.2 Å². The largest absolute Gasteiger partial charge is 1.00 e. The molecule has 0 aromatic heterocycles. The van der Waals surface area contributed by atoms with E-state index in [1.165, 1.54) is 0 Å². The van der Waals surface area contributed by atoms with Crippen LogP contribution in [0.1, 0.15) is 0 Å². The van der Waals surface area contributed by atoms with Crippen molar-refractivity contribution in [2.75, 3.05) is 0 Å². The summed E-state index contributed by atoms with van der Waals surface area (Å²) in [7, 11) is -0.500. The van der Waals surface area contributed by atoms with Gasteiger partial charge in [0.15, 0.2) is 0 Å². The van der Waals surface area contributed by atoms with Crippen molar-refractivity contribution in [3.05, 3.63) is 0 Å². The second-order valence-electron chi connectivity index (χ2n) is 0.0962. The topological polar surface area (TPSA) is 40.1 Å². The molecule has 2 nitrogen and oxygen atoms in total. The van der Waals surface area contributed by atoms with Crippen LogP contribution in [-0.4, -0.2) is 7.35 Å². The van der Waals surface area contributed by atoms with Crippen molar-refractivity contribution < 1.29 is 67.9 Å². The van der Waals surface area contributed by atoms with Gasteiger partial charge in [-0.3, -0.25) is 0 Å². The Labute approximate surface area is 73.7 Å². The summed E-state index contributed by atoms with van der Waals surface area (Å²) < 4.78 is 8.25. The molecule has 0 aliphatic rings. The van der Waals surface area contributed by atoms with E-state index in [0.29, 0.717) is 0 Å². The minimum atomic E-state index is -0.500. The van der Waals surface area contributed by atoms with Crippen LogP contribution in [0.3, 0.4) is 0 Å².